The minimum Gasteiger partial charge on any atom is -0.0991 e. The average molecular weight is 206 g/mol. The normalized spacial score (nSPS) is 12.7. The molecule has 0 nitrogen and oxygen atoms in total. The molecule has 0 aromatic carbocycles. The molecule has 0 amide bonds. The maximum absolute atomic E-state index is 3.62. The van der Waals surface area contributed by atoms with E-state index in [1.54, 1.807) is 6.08 Å². The topological polar surface area (TPSA) is 0 Å². The predicted molar refractivity (Wildman–Crippen MR) is 71.0 cm³/mol. The van der Waals surface area contributed by atoms with Crippen LogP contribution in [0.15, 0.2) is 37.0 Å². The van der Waals surface area contributed by atoms with E-state index in [4.69, 9.17) is 0 Å². The van der Waals surface area contributed by atoms with Gasteiger partial charge in [-0.05, 0) is 24.7 Å². The fourth-order valence-corrected chi connectivity index (χ4v) is 1.41. The number of hydrogen-bond acceptors (Lipinski definition) is 0. The van der Waals surface area contributed by atoms with Gasteiger partial charge in [0.2, 0.25) is 0 Å². The molecule has 0 fully saturated rings. The summed E-state index contributed by atoms with van der Waals surface area (Å²) < 4.78 is 0. The molecule has 0 spiro atoms. The quantitative estimate of drug-likeness (QED) is 0.392. The molecule has 0 saturated heterocycles. The summed E-state index contributed by atoms with van der Waals surface area (Å²) in [5.74, 6) is 0. The first-order valence-corrected chi connectivity index (χ1v) is 6.00. The maximum Gasteiger partial charge on any atom is -0.0348 e. The second kappa shape index (κ2) is 8.52. The van der Waals surface area contributed by atoms with Gasteiger partial charge >= 0.3 is 0 Å². The highest BCUT2D eigenvalue weighted by molar-refractivity contribution is 5.08. The summed E-state index contributed by atoms with van der Waals surface area (Å²) in [6.07, 6.45) is 16.7. The molecule has 0 aliphatic rings. The molecule has 0 rings (SSSR count). The first-order valence-electron chi connectivity index (χ1n) is 6.00. The molecule has 0 aromatic rings. The number of unbranched alkanes of at least 4 members (excludes halogenated alkanes) is 3. The summed E-state index contributed by atoms with van der Waals surface area (Å²) >= 11 is 0. The Balaban J connectivity index is 3.29. The van der Waals surface area contributed by atoms with Crippen LogP contribution in [0.1, 0.15) is 52.9 Å². The van der Waals surface area contributed by atoms with E-state index in [0.717, 1.165) is 0 Å². The van der Waals surface area contributed by atoms with Crippen molar-refractivity contribution in [2.45, 2.75) is 52.9 Å². The van der Waals surface area contributed by atoms with Crippen molar-refractivity contribution in [2.75, 3.05) is 0 Å². The monoisotopic (exact) mass is 206 g/mol. The third-order valence-corrected chi connectivity index (χ3v) is 2.29. The van der Waals surface area contributed by atoms with Crippen molar-refractivity contribution in [1.82, 2.24) is 0 Å². The van der Waals surface area contributed by atoms with E-state index in [1.807, 2.05) is 12.2 Å². The van der Waals surface area contributed by atoms with Gasteiger partial charge in [-0.1, -0.05) is 70.6 Å². The van der Waals surface area contributed by atoms with E-state index in [9.17, 15) is 0 Å². The Labute approximate surface area is 95.8 Å². The Hall–Kier alpha value is -0.780. The van der Waals surface area contributed by atoms with Gasteiger partial charge in [-0.25, -0.2) is 0 Å². The highest BCUT2D eigenvalue weighted by atomic mass is 14.1. The van der Waals surface area contributed by atoms with Gasteiger partial charge in [0.1, 0.15) is 0 Å². The molecular weight excluding hydrogens is 180 g/mol. The molecule has 0 aromatic heterocycles. The Morgan fingerprint density at radius 1 is 0.933 bits per heavy atom. The number of rotatable bonds is 7. The van der Waals surface area contributed by atoms with Crippen molar-refractivity contribution in [3.63, 3.8) is 0 Å². The van der Waals surface area contributed by atoms with Crippen LogP contribution in [-0.4, -0.2) is 0 Å². The molecule has 15 heavy (non-hydrogen) atoms. The van der Waals surface area contributed by atoms with Crippen molar-refractivity contribution >= 4 is 0 Å². The minimum absolute atomic E-state index is 0.503. The Bertz CT molecular complexity index is 201. The zero-order valence-corrected chi connectivity index (χ0v) is 10.6. The van der Waals surface area contributed by atoms with Crippen LogP contribution in [0.3, 0.4) is 0 Å². The maximum atomic E-state index is 3.62. The summed E-state index contributed by atoms with van der Waals surface area (Å²) in [4.78, 5) is 0. The molecule has 0 N–H and O–H groups in total. The summed E-state index contributed by atoms with van der Waals surface area (Å²) in [6.45, 7) is 10.6. The standard InChI is InChI=1S/C15H26/c1-5-6-7-8-9-10-11-12-13-14-15(2,3)4/h5-9H,1,10-14H2,2-4H3. The van der Waals surface area contributed by atoms with Gasteiger partial charge in [0.05, 0.1) is 0 Å². The molecule has 0 radical (unpaired) electrons. The van der Waals surface area contributed by atoms with E-state index in [1.165, 1.54) is 32.1 Å². The lowest BCUT2D eigenvalue weighted by Crippen LogP contribution is -2.03. The predicted octanol–water partition coefficient (Wildman–Crippen LogP) is 5.28. The Morgan fingerprint density at radius 3 is 2.27 bits per heavy atom. The fraction of sp³-hybridized carbons (Fsp3) is 0.600. The van der Waals surface area contributed by atoms with Gasteiger partial charge in [0.15, 0.2) is 0 Å². The lowest BCUT2D eigenvalue weighted by molar-refractivity contribution is 0.358. The van der Waals surface area contributed by atoms with Crippen molar-refractivity contribution in [3.05, 3.63) is 37.0 Å². The largest absolute Gasteiger partial charge is 0.0991 e. The molecule has 0 heteroatoms. The smallest absolute Gasteiger partial charge is 0.0348 e. The SMILES string of the molecule is C=CC=CC=CCCCCCC(C)(C)C. The highest BCUT2D eigenvalue weighted by Gasteiger charge is 2.08. The van der Waals surface area contributed by atoms with E-state index in [-0.39, 0.29) is 0 Å². The zero-order valence-electron chi connectivity index (χ0n) is 10.6. The molecule has 0 heterocycles. The summed E-state index contributed by atoms with van der Waals surface area (Å²) in [6, 6.07) is 0. The molecule has 0 unspecified atom stereocenters. The van der Waals surface area contributed by atoms with Crippen LogP contribution in [0.4, 0.5) is 0 Å². The number of allylic oxidation sites excluding steroid dienone is 5. The molecule has 0 saturated carbocycles. The fourth-order valence-electron chi connectivity index (χ4n) is 1.41. The zero-order chi connectivity index (χ0) is 11.6. The Morgan fingerprint density at radius 2 is 1.67 bits per heavy atom. The summed E-state index contributed by atoms with van der Waals surface area (Å²) in [5, 5.41) is 0. The first kappa shape index (κ1) is 14.2. The van der Waals surface area contributed by atoms with Gasteiger partial charge in [0, 0.05) is 0 Å². The van der Waals surface area contributed by atoms with E-state index in [0.29, 0.717) is 5.41 Å². The van der Waals surface area contributed by atoms with Crippen molar-refractivity contribution < 1.29 is 0 Å². The Kier molecular flexibility index (Phi) is 8.08. The second-order valence-electron chi connectivity index (χ2n) is 5.21. The molecular formula is C15H26. The third-order valence-electron chi connectivity index (χ3n) is 2.29. The van der Waals surface area contributed by atoms with Gasteiger partial charge in [-0.3, -0.25) is 0 Å². The van der Waals surface area contributed by atoms with Crippen molar-refractivity contribution in [1.29, 1.82) is 0 Å². The van der Waals surface area contributed by atoms with E-state index in [2.05, 4.69) is 39.5 Å². The van der Waals surface area contributed by atoms with Crippen LogP contribution >= 0.6 is 0 Å². The van der Waals surface area contributed by atoms with Gasteiger partial charge < -0.3 is 0 Å². The average Bonchev–Trinajstić information content (AvgIpc) is 2.14. The molecule has 0 aliphatic carbocycles. The minimum atomic E-state index is 0.503. The first-order chi connectivity index (χ1) is 7.06. The van der Waals surface area contributed by atoms with E-state index < -0.39 is 0 Å². The molecule has 0 aliphatic heterocycles. The third kappa shape index (κ3) is 13.2. The highest BCUT2D eigenvalue weighted by Crippen LogP contribution is 2.22. The lowest BCUT2D eigenvalue weighted by Gasteiger charge is -2.17. The van der Waals surface area contributed by atoms with Crippen LogP contribution < -0.4 is 0 Å². The van der Waals surface area contributed by atoms with Crippen LogP contribution in [-0.2, 0) is 0 Å². The van der Waals surface area contributed by atoms with Crippen LogP contribution in [0.2, 0.25) is 0 Å². The van der Waals surface area contributed by atoms with Crippen molar-refractivity contribution in [2.24, 2.45) is 5.41 Å². The molecule has 0 bridgehead atoms. The van der Waals surface area contributed by atoms with Crippen LogP contribution in [0.5, 0.6) is 0 Å². The lowest BCUT2D eigenvalue weighted by atomic mass is 9.89. The van der Waals surface area contributed by atoms with Gasteiger partial charge in [0.25, 0.3) is 0 Å². The van der Waals surface area contributed by atoms with Crippen LogP contribution in [0.25, 0.3) is 0 Å². The van der Waals surface area contributed by atoms with Gasteiger partial charge in [-0.15, -0.1) is 0 Å². The van der Waals surface area contributed by atoms with Gasteiger partial charge in [-0.2, -0.15) is 0 Å². The van der Waals surface area contributed by atoms with E-state index >= 15 is 0 Å². The summed E-state index contributed by atoms with van der Waals surface area (Å²) in [5.41, 5.74) is 0.503. The molecule has 0 atom stereocenters. The number of hydrogen-bond donors (Lipinski definition) is 0. The summed E-state index contributed by atoms with van der Waals surface area (Å²) in [7, 11) is 0. The second-order valence-corrected chi connectivity index (χ2v) is 5.21. The van der Waals surface area contributed by atoms with Crippen LogP contribution in [0, 0.1) is 5.41 Å². The van der Waals surface area contributed by atoms with Crippen molar-refractivity contribution in [3.8, 4) is 0 Å². The molecule has 86 valence electrons.